The molecule has 6 N–H and O–H groups in total. The zero-order chi connectivity index (χ0) is 35.4. The Kier molecular flexibility index (Phi) is 8.45. The number of hydrogen-bond acceptors (Lipinski definition) is 6. The minimum absolute atomic E-state index is 0.0196. The maximum Gasteiger partial charge on any atom is 0.123 e. The van der Waals surface area contributed by atoms with Crippen LogP contribution in [0.25, 0.3) is 0 Å². The predicted octanol–water partition coefficient (Wildman–Crippen LogP) is 9.22. The third kappa shape index (κ3) is 5.92. The topological polar surface area (TPSA) is 121 Å². The van der Waals surface area contributed by atoms with Crippen LogP contribution in [0.1, 0.15) is 99.9 Å². The SMILES string of the molecule is CC(C)(c1ccc(O)cc1)c1cc(C(C)(C)c2cccc(C(C)(C)c3cc(C(C)(C)c4ccc(O)cc4)c(O)cc3O)c2)c(O)cc1O. The predicted molar refractivity (Wildman–Crippen MR) is 191 cm³/mol. The Morgan fingerprint density at radius 2 is 0.583 bits per heavy atom. The summed E-state index contributed by atoms with van der Waals surface area (Å²) in [6, 6.07) is 28.4. The lowest BCUT2D eigenvalue weighted by Gasteiger charge is -2.34. The molecule has 6 heteroatoms. The van der Waals surface area contributed by atoms with Crippen molar-refractivity contribution in [2.75, 3.05) is 0 Å². The Labute approximate surface area is 283 Å². The van der Waals surface area contributed by atoms with Gasteiger partial charge in [0.25, 0.3) is 0 Å². The summed E-state index contributed by atoms with van der Waals surface area (Å²) in [7, 11) is 0. The van der Waals surface area contributed by atoms with Gasteiger partial charge in [0.2, 0.25) is 0 Å². The Hall–Kier alpha value is -5.10. The fraction of sp³-hybridized carbons (Fsp3) is 0.286. The van der Waals surface area contributed by atoms with Gasteiger partial charge in [-0.2, -0.15) is 0 Å². The third-order valence-electron chi connectivity index (χ3n) is 10.4. The van der Waals surface area contributed by atoms with E-state index in [4.69, 9.17) is 0 Å². The van der Waals surface area contributed by atoms with Gasteiger partial charge in [0.1, 0.15) is 34.5 Å². The standard InChI is InChI=1S/C42H46O6/c1-39(2,25-12-16-29(43)17-13-25)31-21-33(37(47)23-35(31)45)41(5,6)27-10-9-11-28(20-27)42(7,8)34-22-32(36(46)24-38(34)48)40(3,4)26-14-18-30(44)19-15-26/h9-24,43-48H,1-8H3. The minimum atomic E-state index is -0.702. The summed E-state index contributed by atoms with van der Waals surface area (Å²) < 4.78 is 0. The summed E-state index contributed by atoms with van der Waals surface area (Å²) in [5.41, 5.74) is 3.53. The van der Waals surface area contributed by atoms with E-state index in [2.05, 4.69) is 6.07 Å². The van der Waals surface area contributed by atoms with E-state index < -0.39 is 21.7 Å². The van der Waals surface area contributed by atoms with Crippen molar-refractivity contribution in [2.24, 2.45) is 0 Å². The number of benzene rings is 5. The van der Waals surface area contributed by atoms with Crippen LogP contribution < -0.4 is 0 Å². The largest absolute Gasteiger partial charge is 0.508 e. The summed E-state index contributed by atoms with van der Waals surface area (Å²) in [5, 5.41) is 64.1. The molecule has 48 heavy (non-hydrogen) atoms. The molecule has 0 heterocycles. The molecule has 0 atom stereocenters. The van der Waals surface area contributed by atoms with E-state index >= 15 is 0 Å². The molecule has 0 amide bonds. The molecule has 0 aliphatic heterocycles. The van der Waals surface area contributed by atoms with Gasteiger partial charge in [-0.25, -0.2) is 0 Å². The second-order valence-electron chi connectivity index (χ2n) is 14.9. The van der Waals surface area contributed by atoms with Crippen molar-refractivity contribution < 1.29 is 30.6 Å². The highest BCUT2D eigenvalue weighted by molar-refractivity contribution is 5.59. The summed E-state index contributed by atoms with van der Waals surface area (Å²) in [4.78, 5) is 0. The highest BCUT2D eigenvalue weighted by atomic mass is 16.3. The van der Waals surface area contributed by atoms with Crippen LogP contribution in [0, 0.1) is 0 Å². The molecular formula is C42H46O6. The molecule has 0 saturated heterocycles. The van der Waals surface area contributed by atoms with Crippen molar-refractivity contribution in [3.63, 3.8) is 0 Å². The molecular weight excluding hydrogens is 600 g/mol. The monoisotopic (exact) mass is 646 g/mol. The molecule has 0 bridgehead atoms. The molecule has 0 aliphatic carbocycles. The molecule has 250 valence electrons. The Balaban J connectivity index is 1.58. The molecule has 0 aromatic heterocycles. The van der Waals surface area contributed by atoms with Crippen LogP contribution in [0.3, 0.4) is 0 Å². The van der Waals surface area contributed by atoms with Crippen LogP contribution in [-0.2, 0) is 21.7 Å². The third-order valence-corrected chi connectivity index (χ3v) is 10.4. The normalized spacial score (nSPS) is 12.7. The maximum absolute atomic E-state index is 11.2. The molecule has 0 fully saturated rings. The first-order chi connectivity index (χ1) is 22.3. The van der Waals surface area contributed by atoms with Gasteiger partial charge in [-0.3, -0.25) is 0 Å². The van der Waals surface area contributed by atoms with E-state index in [0.29, 0.717) is 22.3 Å². The van der Waals surface area contributed by atoms with E-state index in [9.17, 15) is 30.6 Å². The van der Waals surface area contributed by atoms with Crippen LogP contribution in [0.4, 0.5) is 0 Å². The quantitative estimate of drug-likeness (QED) is 0.1000. The van der Waals surface area contributed by atoms with Crippen molar-refractivity contribution in [1.29, 1.82) is 0 Å². The average Bonchev–Trinajstić information content (AvgIpc) is 3.01. The van der Waals surface area contributed by atoms with Gasteiger partial charge >= 0.3 is 0 Å². The van der Waals surface area contributed by atoms with Gasteiger partial charge in [0.15, 0.2) is 0 Å². The lowest BCUT2D eigenvalue weighted by molar-refractivity contribution is 0.424. The van der Waals surface area contributed by atoms with E-state index in [0.717, 1.165) is 22.3 Å². The maximum atomic E-state index is 11.2. The first kappa shape index (κ1) is 34.2. The fourth-order valence-corrected chi connectivity index (χ4v) is 6.83. The molecule has 0 unspecified atom stereocenters. The van der Waals surface area contributed by atoms with Crippen LogP contribution >= 0.6 is 0 Å². The van der Waals surface area contributed by atoms with Crippen molar-refractivity contribution >= 4 is 0 Å². The molecule has 5 rings (SSSR count). The van der Waals surface area contributed by atoms with Gasteiger partial charge in [-0.05, 0) is 58.7 Å². The molecule has 6 nitrogen and oxygen atoms in total. The average molecular weight is 647 g/mol. The van der Waals surface area contributed by atoms with Gasteiger partial charge < -0.3 is 30.6 Å². The van der Waals surface area contributed by atoms with E-state index in [1.54, 1.807) is 24.3 Å². The van der Waals surface area contributed by atoms with Crippen LogP contribution in [-0.4, -0.2) is 30.6 Å². The van der Waals surface area contributed by atoms with Gasteiger partial charge in [0.05, 0.1) is 0 Å². The Morgan fingerprint density at radius 3 is 0.875 bits per heavy atom. The first-order valence-electron chi connectivity index (χ1n) is 16.1. The lowest BCUT2D eigenvalue weighted by Crippen LogP contribution is -2.25. The second-order valence-corrected chi connectivity index (χ2v) is 14.9. The fourth-order valence-electron chi connectivity index (χ4n) is 6.83. The molecule has 0 saturated carbocycles. The van der Waals surface area contributed by atoms with Crippen LogP contribution in [0.15, 0.2) is 97.1 Å². The van der Waals surface area contributed by atoms with Crippen LogP contribution in [0.5, 0.6) is 34.5 Å². The second kappa shape index (κ2) is 11.9. The van der Waals surface area contributed by atoms with E-state index in [-0.39, 0.29) is 34.5 Å². The number of phenols is 6. The zero-order valence-electron chi connectivity index (χ0n) is 28.9. The summed E-state index contributed by atoms with van der Waals surface area (Å²) >= 11 is 0. The molecule has 0 aliphatic rings. The van der Waals surface area contributed by atoms with Gasteiger partial charge in [0, 0.05) is 56.0 Å². The number of hydrogen-bond donors (Lipinski definition) is 6. The highest BCUT2D eigenvalue weighted by Crippen LogP contribution is 2.48. The number of aromatic hydroxyl groups is 6. The molecule has 5 aromatic rings. The van der Waals surface area contributed by atoms with Crippen molar-refractivity contribution in [3.05, 3.63) is 142 Å². The Bertz CT molecular complexity index is 1830. The number of rotatable bonds is 8. The smallest absolute Gasteiger partial charge is 0.123 e. The minimum Gasteiger partial charge on any atom is -0.508 e. The number of phenolic OH excluding ortho intramolecular Hbond substituents is 6. The summed E-state index contributed by atoms with van der Waals surface area (Å²) in [5.74, 6) is 0.233. The molecule has 0 spiro atoms. The lowest BCUT2D eigenvalue weighted by atomic mass is 9.70. The van der Waals surface area contributed by atoms with Crippen molar-refractivity contribution in [1.82, 2.24) is 0 Å². The summed E-state index contributed by atoms with van der Waals surface area (Å²) in [6.45, 7) is 16.1. The molecule has 0 radical (unpaired) electrons. The zero-order valence-corrected chi connectivity index (χ0v) is 28.9. The van der Waals surface area contributed by atoms with Crippen molar-refractivity contribution in [3.8, 4) is 34.5 Å². The summed E-state index contributed by atoms with van der Waals surface area (Å²) in [6.07, 6.45) is 0. The van der Waals surface area contributed by atoms with Gasteiger partial charge in [-0.15, -0.1) is 0 Å². The van der Waals surface area contributed by atoms with Crippen molar-refractivity contribution in [2.45, 2.75) is 77.0 Å². The first-order valence-corrected chi connectivity index (χ1v) is 16.1. The molecule has 5 aromatic carbocycles. The van der Waals surface area contributed by atoms with E-state index in [1.165, 1.54) is 12.1 Å². The van der Waals surface area contributed by atoms with Crippen LogP contribution in [0.2, 0.25) is 0 Å². The Morgan fingerprint density at radius 1 is 0.312 bits per heavy atom. The van der Waals surface area contributed by atoms with E-state index in [1.807, 2.05) is 110 Å². The highest BCUT2D eigenvalue weighted by Gasteiger charge is 2.36. The van der Waals surface area contributed by atoms with Gasteiger partial charge in [-0.1, -0.05) is 104 Å².